The Labute approximate surface area is 99.2 Å². The van der Waals surface area contributed by atoms with Crippen LogP contribution < -0.4 is 5.32 Å². The second kappa shape index (κ2) is 10.5. The van der Waals surface area contributed by atoms with Gasteiger partial charge < -0.3 is 5.32 Å². The van der Waals surface area contributed by atoms with Crippen molar-refractivity contribution in [2.75, 3.05) is 6.54 Å². The molecule has 0 fully saturated rings. The lowest BCUT2D eigenvalue weighted by Crippen LogP contribution is -2.31. The first-order valence-corrected chi connectivity index (χ1v) is 6.40. The van der Waals surface area contributed by atoms with Crippen LogP contribution in [0, 0.1) is 17.2 Å². The molecule has 0 aromatic rings. The van der Waals surface area contributed by atoms with Gasteiger partial charge in [-0.05, 0) is 25.7 Å². The summed E-state index contributed by atoms with van der Waals surface area (Å²) in [6.45, 7) is 4.94. The average molecular weight is 224 g/mol. The van der Waals surface area contributed by atoms with Crippen molar-refractivity contribution >= 4 is 5.91 Å². The lowest BCUT2D eigenvalue weighted by molar-refractivity contribution is -0.125. The second-order valence-electron chi connectivity index (χ2n) is 4.18. The molecule has 1 N–H and O–H groups in total. The van der Waals surface area contributed by atoms with Crippen molar-refractivity contribution in [2.24, 2.45) is 5.92 Å². The molecule has 0 rings (SSSR count). The zero-order valence-electron chi connectivity index (χ0n) is 10.6. The van der Waals surface area contributed by atoms with Gasteiger partial charge in [-0.2, -0.15) is 5.26 Å². The maximum atomic E-state index is 11.8. The molecule has 0 aromatic heterocycles. The molecular formula is C13H24N2O. The number of amides is 1. The molecule has 3 nitrogen and oxygen atoms in total. The number of nitrogens with zero attached hydrogens (tertiary/aromatic N) is 1. The molecule has 3 heteroatoms. The molecule has 0 saturated heterocycles. The summed E-state index contributed by atoms with van der Waals surface area (Å²) >= 11 is 0. The van der Waals surface area contributed by atoms with Crippen LogP contribution in [-0.4, -0.2) is 12.5 Å². The third-order valence-corrected chi connectivity index (χ3v) is 2.66. The van der Waals surface area contributed by atoms with Gasteiger partial charge in [-0.3, -0.25) is 4.79 Å². The van der Waals surface area contributed by atoms with E-state index >= 15 is 0 Å². The number of nitrogens with one attached hydrogen (secondary N) is 1. The highest BCUT2D eigenvalue weighted by Gasteiger charge is 2.15. The van der Waals surface area contributed by atoms with E-state index in [-0.39, 0.29) is 11.8 Å². The second-order valence-corrected chi connectivity index (χ2v) is 4.18. The first kappa shape index (κ1) is 15.0. The smallest absolute Gasteiger partial charge is 0.223 e. The number of carbonyl (C=O) groups excluding carboxylic acids is 1. The first-order chi connectivity index (χ1) is 7.76. The molecule has 0 saturated carbocycles. The van der Waals surface area contributed by atoms with Crippen molar-refractivity contribution in [1.82, 2.24) is 5.32 Å². The van der Waals surface area contributed by atoms with E-state index in [2.05, 4.69) is 25.2 Å². The quantitative estimate of drug-likeness (QED) is 0.612. The summed E-state index contributed by atoms with van der Waals surface area (Å²) in [7, 11) is 0. The Bertz CT molecular complexity index is 214. The fourth-order valence-corrected chi connectivity index (χ4v) is 1.79. The fraction of sp³-hybridized carbons (Fsp3) is 0.846. The third kappa shape index (κ3) is 7.28. The number of unbranched alkanes of at least 4 members (excludes halogenated alkanes) is 2. The van der Waals surface area contributed by atoms with Gasteiger partial charge in [-0.25, -0.2) is 0 Å². The molecule has 92 valence electrons. The van der Waals surface area contributed by atoms with E-state index in [4.69, 9.17) is 5.26 Å². The van der Waals surface area contributed by atoms with Crippen molar-refractivity contribution in [3.8, 4) is 6.07 Å². The maximum Gasteiger partial charge on any atom is 0.223 e. The number of rotatable bonds is 9. The predicted octanol–water partition coefficient (Wildman–Crippen LogP) is 3.01. The van der Waals surface area contributed by atoms with Gasteiger partial charge in [0, 0.05) is 18.9 Å². The van der Waals surface area contributed by atoms with Gasteiger partial charge >= 0.3 is 0 Å². The zero-order chi connectivity index (χ0) is 12.2. The van der Waals surface area contributed by atoms with Crippen LogP contribution in [0.3, 0.4) is 0 Å². The Kier molecular flexibility index (Phi) is 9.80. The summed E-state index contributed by atoms with van der Waals surface area (Å²) in [6.07, 6.45) is 6.46. The number of hydrogen-bond donors (Lipinski definition) is 1. The van der Waals surface area contributed by atoms with Crippen molar-refractivity contribution in [1.29, 1.82) is 5.26 Å². The molecule has 0 bridgehead atoms. The number of carbonyl (C=O) groups is 1. The molecule has 0 aliphatic rings. The summed E-state index contributed by atoms with van der Waals surface area (Å²) in [6, 6.07) is 2.11. The highest BCUT2D eigenvalue weighted by Crippen LogP contribution is 2.13. The molecule has 0 radical (unpaired) electrons. The lowest BCUT2D eigenvalue weighted by Gasteiger charge is -2.14. The summed E-state index contributed by atoms with van der Waals surface area (Å²) in [5, 5.41) is 11.3. The topological polar surface area (TPSA) is 52.9 Å². The molecule has 0 aliphatic heterocycles. The Morgan fingerprint density at radius 3 is 2.38 bits per heavy atom. The van der Waals surface area contributed by atoms with E-state index in [0.29, 0.717) is 13.0 Å². The molecule has 0 spiro atoms. The van der Waals surface area contributed by atoms with E-state index < -0.39 is 0 Å². The van der Waals surface area contributed by atoms with Crippen molar-refractivity contribution < 1.29 is 4.79 Å². The molecule has 0 heterocycles. The lowest BCUT2D eigenvalue weighted by atomic mass is 9.97. The van der Waals surface area contributed by atoms with E-state index in [1.807, 2.05) is 0 Å². The van der Waals surface area contributed by atoms with Gasteiger partial charge in [-0.15, -0.1) is 0 Å². The highest BCUT2D eigenvalue weighted by atomic mass is 16.1. The Balaban J connectivity index is 3.70. The Morgan fingerprint density at radius 2 is 1.88 bits per heavy atom. The van der Waals surface area contributed by atoms with E-state index in [9.17, 15) is 4.79 Å². The number of hydrogen-bond acceptors (Lipinski definition) is 2. The predicted molar refractivity (Wildman–Crippen MR) is 65.8 cm³/mol. The van der Waals surface area contributed by atoms with Crippen LogP contribution in [0.1, 0.15) is 58.8 Å². The van der Waals surface area contributed by atoms with Crippen LogP contribution in [0.15, 0.2) is 0 Å². The summed E-state index contributed by atoms with van der Waals surface area (Å²) in [4.78, 5) is 11.8. The Hall–Kier alpha value is -1.04. The van der Waals surface area contributed by atoms with Gasteiger partial charge in [0.15, 0.2) is 0 Å². The van der Waals surface area contributed by atoms with Crippen molar-refractivity contribution in [2.45, 2.75) is 58.8 Å². The monoisotopic (exact) mass is 224 g/mol. The third-order valence-electron chi connectivity index (χ3n) is 2.66. The summed E-state index contributed by atoms with van der Waals surface area (Å²) in [5.41, 5.74) is 0. The standard InChI is InChI=1S/C13H24N2O/c1-3-8-12(9-4-2)13(16)15-11-7-5-6-10-14/h12H,3-9,11H2,1-2H3,(H,15,16). The Morgan fingerprint density at radius 1 is 1.25 bits per heavy atom. The van der Waals surface area contributed by atoms with Gasteiger partial charge in [0.1, 0.15) is 0 Å². The molecule has 0 atom stereocenters. The SMILES string of the molecule is CCCC(CCC)C(=O)NCCCCC#N. The largest absolute Gasteiger partial charge is 0.356 e. The fourth-order valence-electron chi connectivity index (χ4n) is 1.79. The van der Waals surface area contributed by atoms with E-state index in [1.165, 1.54) is 0 Å². The summed E-state index contributed by atoms with van der Waals surface area (Å²) < 4.78 is 0. The van der Waals surface area contributed by atoms with E-state index in [1.54, 1.807) is 0 Å². The molecule has 0 unspecified atom stereocenters. The van der Waals surface area contributed by atoms with E-state index in [0.717, 1.165) is 38.5 Å². The molecule has 0 aromatic carbocycles. The maximum absolute atomic E-state index is 11.8. The normalized spacial score (nSPS) is 10.1. The molecule has 16 heavy (non-hydrogen) atoms. The molecule has 1 amide bonds. The average Bonchev–Trinajstić information content (AvgIpc) is 2.28. The van der Waals surface area contributed by atoms with Crippen LogP contribution in [0.2, 0.25) is 0 Å². The minimum absolute atomic E-state index is 0.186. The zero-order valence-corrected chi connectivity index (χ0v) is 10.6. The summed E-state index contributed by atoms with van der Waals surface area (Å²) in [5.74, 6) is 0.381. The van der Waals surface area contributed by atoms with Crippen LogP contribution >= 0.6 is 0 Å². The van der Waals surface area contributed by atoms with Gasteiger partial charge in [0.2, 0.25) is 5.91 Å². The number of nitriles is 1. The molecular weight excluding hydrogens is 200 g/mol. The van der Waals surface area contributed by atoms with Gasteiger partial charge in [0.05, 0.1) is 6.07 Å². The minimum atomic E-state index is 0.186. The van der Waals surface area contributed by atoms with Crippen LogP contribution in [0.5, 0.6) is 0 Å². The van der Waals surface area contributed by atoms with Crippen molar-refractivity contribution in [3.05, 3.63) is 0 Å². The van der Waals surface area contributed by atoms with Gasteiger partial charge in [-0.1, -0.05) is 26.7 Å². The van der Waals surface area contributed by atoms with Crippen LogP contribution in [-0.2, 0) is 4.79 Å². The minimum Gasteiger partial charge on any atom is -0.356 e. The van der Waals surface area contributed by atoms with Crippen molar-refractivity contribution in [3.63, 3.8) is 0 Å². The van der Waals surface area contributed by atoms with Crippen LogP contribution in [0.4, 0.5) is 0 Å². The first-order valence-electron chi connectivity index (χ1n) is 6.40. The molecule has 0 aliphatic carbocycles. The van der Waals surface area contributed by atoms with Crippen LogP contribution in [0.25, 0.3) is 0 Å². The highest BCUT2D eigenvalue weighted by molar-refractivity contribution is 5.78. The van der Waals surface area contributed by atoms with Gasteiger partial charge in [0.25, 0.3) is 0 Å².